The van der Waals surface area contributed by atoms with Crippen LogP contribution in [0.25, 0.3) is 0 Å². The number of rotatable bonds is 9. The lowest BCUT2D eigenvalue weighted by molar-refractivity contribution is -0.139. The van der Waals surface area contributed by atoms with Gasteiger partial charge in [-0.2, -0.15) is 0 Å². The van der Waals surface area contributed by atoms with Crippen molar-refractivity contribution < 1.29 is 9.59 Å². The third-order valence-corrected chi connectivity index (χ3v) is 9.70. The average Bonchev–Trinajstić information content (AvgIpc) is 3.17. The van der Waals surface area contributed by atoms with E-state index in [1.807, 2.05) is 29.2 Å². The van der Waals surface area contributed by atoms with Gasteiger partial charge in [0.15, 0.2) is 0 Å². The van der Waals surface area contributed by atoms with Crippen LogP contribution in [-0.4, -0.2) is 89.1 Å². The molecular formula is C30H46ClN5O2. The van der Waals surface area contributed by atoms with E-state index in [4.69, 9.17) is 11.6 Å². The quantitative estimate of drug-likeness (QED) is 0.483. The Morgan fingerprint density at radius 1 is 0.974 bits per heavy atom. The fourth-order valence-electron chi connectivity index (χ4n) is 7.31. The van der Waals surface area contributed by atoms with Gasteiger partial charge < -0.3 is 25.3 Å². The number of hydrogen-bond donors (Lipinski definition) is 2. The van der Waals surface area contributed by atoms with E-state index in [0.29, 0.717) is 18.5 Å². The molecule has 7 nitrogen and oxygen atoms in total. The van der Waals surface area contributed by atoms with Gasteiger partial charge in [-0.05, 0) is 76.5 Å². The molecule has 2 bridgehead atoms. The van der Waals surface area contributed by atoms with Crippen molar-refractivity contribution in [1.82, 2.24) is 25.3 Å². The number of hydrogen-bond acceptors (Lipinski definition) is 4. The summed E-state index contributed by atoms with van der Waals surface area (Å²) in [5.41, 5.74) is 1.13. The van der Waals surface area contributed by atoms with Crippen LogP contribution < -0.4 is 10.6 Å². The first-order valence-corrected chi connectivity index (χ1v) is 15.5. The standard InChI is InChI=1S/C30H46ClN5O2/c1-3-34(4-2)30(38)36(24-8-6-5-7-9-24)27-17-25-14-15-26(18-27)35(25)29(37)28(33-23-19-32-20-23)16-21-10-12-22(31)13-11-21/h10-13,23-28,32-33H,3-9,14-20H2,1-2H3/t25?,26?,27?,28-/m0/s1. The van der Waals surface area contributed by atoms with Gasteiger partial charge in [0.25, 0.3) is 0 Å². The highest BCUT2D eigenvalue weighted by atomic mass is 35.5. The molecule has 0 aromatic heterocycles. The van der Waals surface area contributed by atoms with Crippen LogP contribution in [-0.2, 0) is 11.2 Å². The van der Waals surface area contributed by atoms with E-state index in [-0.39, 0.29) is 36.1 Å². The van der Waals surface area contributed by atoms with E-state index in [1.165, 1.54) is 19.3 Å². The molecule has 0 spiro atoms. The molecule has 210 valence electrons. The molecule has 3 aliphatic heterocycles. The zero-order chi connectivity index (χ0) is 26.6. The van der Waals surface area contributed by atoms with Gasteiger partial charge in [0.1, 0.15) is 0 Å². The predicted octanol–water partition coefficient (Wildman–Crippen LogP) is 4.43. The highest BCUT2D eigenvalue weighted by Crippen LogP contribution is 2.40. The Hall–Kier alpha value is -1.83. The number of urea groups is 1. The minimum atomic E-state index is -0.241. The van der Waals surface area contributed by atoms with E-state index in [1.54, 1.807) is 0 Å². The lowest BCUT2D eigenvalue weighted by Crippen LogP contribution is -2.64. The monoisotopic (exact) mass is 543 g/mol. The summed E-state index contributed by atoms with van der Waals surface area (Å²) in [6, 6.07) is 9.19. The summed E-state index contributed by atoms with van der Waals surface area (Å²) in [5.74, 6) is 0.233. The number of halogens is 1. The van der Waals surface area contributed by atoms with Gasteiger partial charge in [0, 0.05) is 61.4 Å². The van der Waals surface area contributed by atoms with Gasteiger partial charge in [-0.1, -0.05) is 43.0 Å². The summed E-state index contributed by atoms with van der Waals surface area (Å²) in [5, 5.41) is 7.69. The SMILES string of the molecule is CCN(CC)C(=O)N(C1CCCCC1)C1CC2CCC(C1)N2C(=O)[C@H](Cc1ccc(Cl)cc1)NC1CNC1. The second-order valence-electron chi connectivity index (χ2n) is 11.8. The molecule has 3 amide bonds. The lowest BCUT2D eigenvalue weighted by atomic mass is 9.89. The fraction of sp³-hybridized carbons (Fsp3) is 0.733. The van der Waals surface area contributed by atoms with Crippen molar-refractivity contribution in [1.29, 1.82) is 0 Å². The first-order chi connectivity index (χ1) is 18.5. The average molecular weight is 544 g/mol. The summed E-state index contributed by atoms with van der Waals surface area (Å²) in [6.07, 6.45) is 10.5. The first-order valence-electron chi connectivity index (χ1n) is 15.1. The van der Waals surface area contributed by atoms with Crippen LogP contribution >= 0.6 is 11.6 Å². The van der Waals surface area contributed by atoms with Crippen molar-refractivity contribution in [2.24, 2.45) is 0 Å². The van der Waals surface area contributed by atoms with Crippen molar-refractivity contribution in [2.45, 2.75) is 114 Å². The number of amides is 3. The highest BCUT2D eigenvalue weighted by molar-refractivity contribution is 6.30. The molecule has 3 atom stereocenters. The van der Waals surface area contributed by atoms with Gasteiger partial charge in [-0.3, -0.25) is 4.79 Å². The Kier molecular flexibility index (Phi) is 9.17. The molecule has 5 rings (SSSR count). The maximum atomic E-state index is 14.1. The minimum Gasteiger partial charge on any atom is -0.335 e. The number of nitrogens with one attached hydrogen (secondary N) is 2. The Morgan fingerprint density at radius 2 is 1.61 bits per heavy atom. The second-order valence-corrected chi connectivity index (χ2v) is 12.3. The number of fused-ring (bicyclic) bond motifs is 2. The van der Waals surface area contributed by atoms with Crippen LogP contribution in [0.4, 0.5) is 4.79 Å². The molecule has 4 fully saturated rings. The molecule has 1 aromatic rings. The largest absolute Gasteiger partial charge is 0.335 e. The predicted molar refractivity (Wildman–Crippen MR) is 152 cm³/mol. The molecule has 2 N–H and O–H groups in total. The van der Waals surface area contributed by atoms with Gasteiger partial charge >= 0.3 is 6.03 Å². The first kappa shape index (κ1) is 27.7. The van der Waals surface area contributed by atoms with E-state index in [2.05, 4.69) is 34.3 Å². The third kappa shape index (κ3) is 6.00. The Labute approximate surface area is 233 Å². The summed E-state index contributed by atoms with van der Waals surface area (Å²) in [4.78, 5) is 34.4. The van der Waals surface area contributed by atoms with Crippen molar-refractivity contribution in [3.8, 4) is 0 Å². The molecule has 38 heavy (non-hydrogen) atoms. The Balaban J connectivity index is 1.32. The Bertz CT molecular complexity index is 930. The number of nitrogens with zero attached hydrogens (tertiary/aromatic N) is 3. The number of benzene rings is 1. The van der Waals surface area contributed by atoms with Gasteiger partial charge in [-0.25, -0.2) is 4.79 Å². The fourth-order valence-corrected chi connectivity index (χ4v) is 7.43. The van der Waals surface area contributed by atoms with Crippen molar-refractivity contribution in [2.75, 3.05) is 26.2 Å². The molecule has 8 heteroatoms. The molecule has 4 aliphatic rings. The molecule has 3 saturated heterocycles. The highest BCUT2D eigenvalue weighted by Gasteiger charge is 2.48. The lowest BCUT2D eigenvalue weighted by Gasteiger charge is -2.48. The summed E-state index contributed by atoms with van der Waals surface area (Å²) < 4.78 is 0. The Morgan fingerprint density at radius 3 is 2.16 bits per heavy atom. The molecule has 2 unspecified atom stereocenters. The molecule has 0 radical (unpaired) electrons. The van der Waals surface area contributed by atoms with Crippen LogP contribution in [0.1, 0.15) is 77.2 Å². The van der Waals surface area contributed by atoms with Crippen molar-refractivity contribution in [3.05, 3.63) is 34.9 Å². The van der Waals surface area contributed by atoms with Crippen molar-refractivity contribution in [3.63, 3.8) is 0 Å². The maximum Gasteiger partial charge on any atom is 0.320 e. The number of carbonyl (C=O) groups excluding carboxylic acids is 2. The zero-order valence-electron chi connectivity index (χ0n) is 23.2. The van der Waals surface area contributed by atoms with E-state index in [0.717, 1.165) is 75.3 Å². The topological polar surface area (TPSA) is 67.9 Å². The van der Waals surface area contributed by atoms with Crippen LogP contribution in [0.15, 0.2) is 24.3 Å². The molecular weight excluding hydrogens is 498 g/mol. The molecule has 1 saturated carbocycles. The van der Waals surface area contributed by atoms with Crippen LogP contribution in [0.3, 0.4) is 0 Å². The van der Waals surface area contributed by atoms with Gasteiger partial charge in [0.05, 0.1) is 6.04 Å². The molecule has 1 aliphatic carbocycles. The smallest absolute Gasteiger partial charge is 0.320 e. The van der Waals surface area contributed by atoms with Gasteiger partial charge in [-0.15, -0.1) is 0 Å². The van der Waals surface area contributed by atoms with Crippen LogP contribution in [0.2, 0.25) is 5.02 Å². The molecule has 3 heterocycles. The van der Waals surface area contributed by atoms with E-state index in [9.17, 15) is 9.59 Å². The van der Waals surface area contributed by atoms with Crippen LogP contribution in [0, 0.1) is 0 Å². The zero-order valence-corrected chi connectivity index (χ0v) is 24.0. The van der Waals surface area contributed by atoms with Gasteiger partial charge in [0.2, 0.25) is 5.91 Å². The summed E-state index contributed by atoms with van der Waals surface area (Å²) in [6.45, 7) is 7.47. The van der Waals surface area contributed by atoms with E-state index >= 15 is 0 Å². The second kappa shape index (κ2) is 12.6. The number of piperidine rings is 1. The summed E-state index contributed by atoms with van der Waals surface area (Å²) >= 11 is 6.12. The maximum absolute atomic E-state index is 14.1. The van der Waals surface area contributed by atoms with Crippen LogP contribution in [0.5, 0.6) is 0 Å². The summed E-state index contributed by atoms with van der Waals surface area (Å²) in [7, 11) is 0. The third-order valence-electron chi connectivity index (χ3n) is 9.45. The van der Waals surface area contributed by atoms with E-state index < -0.39 is 0 Å². The molecule has 1 aromatic carbocycles. The number of carbonyl (C=O) groups is 2. The van der Waals surface area contributed by atoms with Crippen molar-refractivity contribution >= 4 is 23.5 Å². The normalized spacial score (nSPS) is 26.6. The minimum absolute atomic E-state index is 0.214.